The van der Waals surface area contributed by atoms with Gasteiger partial charge in [-0.2, -0.15) is 0 Å². The van der Waals surface area contributed by atoms with Crippen LogP contribution in [-0.2, 0) is 6.61 Å². The van der Waals surface area contributed by atoms with E-state index in [2.05, 4.69) is 15.9 Å². The number of hydrogen-bond acceptors (Lipinski definition) is 4. The lowest BCUT2D eigenvalue weighted by Gasteiger charge is -2.11. The fourth-order valence-electron chi connectivity index (χ4n) is 3.35. The Morgan fingerprint density at radius 2 is 1.84 bits per heavy atom. The summed E-state index contributed by atoms with van der Waals surface area (Å²) in [6.45, 7) is 2.04. The molecule has 0 aliphatic carbocycles. The van der Waals surface area contributed by atoms with Crippen LogP contribution in [0.25, 0.3) is 6.08 Å². The van der Waals surface area contributed by atoms with Crippen molar-refractivity contribution in [2.75, 3.05) is 7.11 Å². The van der Waals surface area contributed by atoms with Gasteiger partial charge in [-0.05, 0) is 55.0 Å². The molecule has 0 aromatic heterocycles. The van der Waals surface area contributed by atoms with Gasteiger partial charge in [-0.3, -0.25) is 4.79 Å². The maximum Gasteiger partial charge on any atom is 0.232 e. The van der Waals surface area contributed by atoms with Crippen LogP contribution in [0.2, 0.25) is 10.0 Å². The molecule has 0 unspecified atom stereocenters. The minimum atomic E-state index is -0.185. The maximum atomic E-state index is 13.0. The number of aryl methyl sites for hydroxylation is 1. The smallest absolute Gasteiger partial charge is 0.232 e. The van der Waals surface area contributed by atoms with E-state index in [4.69, 9.17) is 37.4 Å². The molecule has 0 saturated heterocycles. The number of rotatable bonds is 5. The zero-order valence-electron chi connectivity index (χ0n) is 16.7. The molecule has 0 bridgehead atoms. The molecule has 1 aliphatic rings. The zero-order chi connectivity index (χ0) is 22.1. The molecule has 1 heterocycles. The van der Waals surface area contributed by atoms with Crippen LogP contribution in [-0.4, -0.2) is 12.9 Å². The zero-order valence-corrected chi connectivity index (χ0v) is 19.8. The first-order valence-electron chi connectivity index (χ1n) is 9.35. The third-order valence-corrected chi connectivity index (χ3v) is 6.07. The summed E-state index contributed by atoms with van der Waals surface area (Å²) >= 11 is 15.9. The second-order valence-corrected chi connectivity index (χ2v) is 8.66. The molecule has 158 valence electrons. The Labute approximate surface area is 198 Å². The lowest BCUT2D eigenvalue weighted by atomic mass is 10.0. The Kier molecular flexibility index (Phi) is 6.28. The largest absolute Gasteiger partial charge is 0.496 e. The highest BCUT2D eigenvalue weighted by molar-refractivity contribution is 9.10. The summed E-state index contributed by atoms with van der Waals surface area (Å²) in [5, 5.41) is 1.06. The van der Waals surface area contributed by atoms with Crippen LogP contribution in [0.4, 0.5) is 0 Å². The number of ketones is 1. The van der Waals surface area contributed by atoms with E-state index in [0.29, 0.717) is 38.4 Å². The topological polar surface area (TPSA) is 44.8 Å². The molecule has 0 N–H and O–H groups in total. The Hall–Kier alpha value is -2.47. The van der Waals surface area contributed by atoms with Gasteiger partial charge < -0.3 is 14.2 Å². The van der Waals surface area contributed by atoms with Crippen LogP contribution in [0.3, 0.4) is 0 Å². The molecule has 0 atom stereocenters. The van der Waals surface area contributed by atoms with Crippen LogP contribution in [0.5, 0.6) is 17.2 Å². The van der Waals surface area contributed by atoms with E-state index in [0.717, 1.165) is 15.6 Å². The molecule has 0 fully saturated rings. The first kappa shape index (κ1) is 21.8. The van der Waals surface area contributed by atoms with Crippen molar-refractivity contribution in [3.63, 3.8) is 0 Å². The van der Waals surface area contributed by atoms with Crippen LogP contribution in [0.1, 0.15) is 27.0 Å². The second-order valence-electron chi connectivity index (χ2n) is 6.93. The van der Waals surface area contributed by atoms with Crippen molar-refractivity contribution in [1.29, 1.82) is 0 Å². The molecule has 7 heteroatoms. The molecular formula is C24H17BrCl2O4. The summed E-state index contributed by atoms with van der Waals surface area (Å²) in [4.78, 5) is 13.0. The average molecular weight is 520 g/mol. The van der Waals surface area contributed by atoms with E-state index in [9.17, 15) is 4.79 Å². The number of hydrogen-bond donors (Lipinski definition) is 0. The summed E-state index contributed by atoms with van der Waals surface area (Å²) < 4.78 is 18.0. The van der Waals surface area contributed by atoms with Crippen molar-refractivity contribution in [3.8, 4) is 17.2 Å². The number of methoxy groups -OCH3 is 1. The van der Waals surface area contributed by atoms with Crippen molar-refractivity contribution in [2.24, 2.45) is 0 Å². The summed E-state index contributed by atoms with van der Waals surface area (Å²) in [7, 11) is 1.58. The van der Waals surface area contributed by atoms with E-state index in [1.807, 2.05) is 25.1 Å². The van der Waals surface area contributed by atoms with Gasteiger partial charge in [0, 0.05) is 31.7 Å². The number of ether oxygens (including phenoxy) is 3. The standard InChI is InChI=1S/C24H17BrCl2O4/c1-13-8-16(30-12-17-18(26)4-3-5-19(17)27)11-21-23(13)24(28)22(31-21)10-14-9-15(25)6-7-20(14)29-2/h3-11H,12H2,1-2H3/b22-10-. The third-order valence-electron chi connectivity index (χ3n) is 4.87. The number of halogens is 3. The average Bonchev–Trinajstić information content (AvgIpc) is 3.03. The first-order valence-corrected chi connectivity index (χ1v) is 10.9. The number of carbonyl (C=O) groups is 1. The van der Waals surface area contributed by atoms with E-state index in [1.54, 1.807) is 43.5 Å². The Morgan fingerprint density at radius 1 is 1.10 bits per heavy atom. The summed E-state index contributed by atoms with van der Waals surface area (Å²) in [5.74, 6) is 1.68. The molecule has 4 rings (SSSR count). The van der Waals surface area contributed by atoms with Gasteiger partial charge in [-0.15, -0.1) is 0 Å². The minimum Gasteiger partial charge on any atom is -0.496 e. The van der Waals surface area contributed by atoms with Crippen molar-refractivity contribution >= 4 is 51.0 Å². The van der Waals surface area contributed by atoms with Gasteiger partial charge in [0.15, 0.2) is 5.76 Å². The third kappa shape index (κ3) is 4.45. The molecule has 0 spiro atoms. The predicted molar refractivity (Wildman–Crippen MR) is 126 cm³/mol. The fraction of sp³-hybridized carbons (Fsp3) is 0.125. The normalized spacial score (nSPS) is 13.8. The lowest BCUT2D eigenvalue weighted by molar-refractivity contribution is 0.101. The summed E-state index contributed by atoms with van der Waals surface area (Å²) in [6, 6.07) is 14.3. The van der Waals surface area contributed by atoms with Crippen LogP contribution < -0.4 is 14.2 Å². The van der Waals surface area contributed by atoms with Crippen LogP contribution in [0, 0.1) is 6.92 Å². The minimum absolute atomic E-state index is 0.185. The number of benzene rings is 3. The van der Waals surface area contributed by atoms with E-state index in [1.165, 1.54) is 0 Å². The Bertz CT molecular complexity index is 1200. The number of Topliss-reactive ketones (excluding diaryl/α,β-unsaturated/α-hetero) is 1. The summed E-state index contributed by atoms with van der Waals surface area (Å²) in [5.41, 5.74) is 2.70. The molecule has 3 aromatic carbocycles. The highest BCUT2D eigenvalue weighted by atomic mass is 79.9. The van der Waals surface area contributed by atoms with Crippen molar-refractivity contribution in [3.05, 3.63) is 91.1 Å². The second kappa shape index (κ2) is 8.95. The molecule has 4 nitrogen and oxygen atoms in total. The van der Waals surface area contributed by atoms with Crippen molar-refractivity contribution in [2.45, 2.75) is 13.5 Å². The van der Waals surface area contributed by atoms with E-state index < -0.39 is 0 Å². The van der Waals surface area contributed by atoms with E-state index in [-0.39, 0.29) is 18.1 Å². The van der Waals surface area contributed by atoms with Gasteiger partial charge in [-0.25, -0.2) is 0 Å². The van der Waals surface area contributed by atoms with Gasteiger partial charge >= 0.3 is 0 Å². The fourth-order valence-corrected chi connectivity index (χ4v) is 4.23. The monoisotopic (exact) mass is 518 g/mol. The van der Waals surface area contributed by atoms with Crippen LogP contribution >= 0.6 is 39.1 Å². The van der Waals surface area contributed by atoms with Gasteiger partial charge in [0.25, 0.3) is 0 Å². The molecule has 1 aliphatic heterocycles. The molecule has 31 heavy (non-hydrogen) atoms. The Balaban J connectivity index is 1.62. The van der Waals surface area contributed by atoms with Crippen molar-refractivity contribution in [1.82, 2.24) is 0 Å². The van der Waals surface area contributed by atoms with Crippen LogP contribution in [0.15, 0.2) is 58.8 Å². The molecule has 0 saturated carbocycles. The summed E-state index contributed by atoms with van der Waals surface area (Å²) in [6.07, 6.45) is 1.68. The van der Waals surface area contributed by atoms with Gasteiger partial charge in [0.05, 0.1) is 12.7 Å². The number of allylic oxidation sites excluding steroid dienone is 1. The SMILES string of the molecule is COc1ccc(Br)cc1/C=C1\Oc2cc(OCc3c(Cl)cccc3Cl)cc(C)c2C1=O. The quantitative estimate of drug-likeness (QED) is 0.332. The number of fused-ring (bicyclic) bond motifs is 1. The maximum absolute atomic E-state index is 13.0. The molecule has 3 aromatic rings. The lowest BCUT2D eigenvalue weighted by Crippen LogP contribution is -2.01. The van der Waals surface area contributed by atoms with E-state index >= 15 is 0 Å². The highest BCUT2D eigenvalue weighted by Gasteiger charge is 2.30. The van der Waals surface area contributed by atoms with Crippen molar-refractivity contribution < 1.29 is 19.0 Å². The van der Waals surface area contributed by atoms with Gasteiger partial charge in [0.2, 0.25) is 5.78 Å². The molecular weight excluding hydrogens is 503 g/mol. The highest BCUT2D eigenvalue weighted by Crippen LogP contribution is 2.39. The van der Waals surface area contributed by atoms with Gasteiger partial charge in [-0.1, -0.05) is 45.2 Å². The predicted octanol–water partition coefficient (Wildman–Crippen LogP) is 7.27. The molecule has 0 amide bonds. The van der Waals surface area contributed by atoms with Gasteiger partial charge in [0.1, 0.15) is 23.9 Å². The molecule has 0 radical (unpaired) electrons. The number of carbonyl (C=O) groups excluding carboxylic acids is 1. The first-order chi connectivity index (χ1) is 14.9. The Morgan fingerprint density at radius 3 is 2.55 bits per heavy atom.